The molecule has 1 heterocycles. The number of aryl methyl sites for hydroxylation is 1. The Morgan fingerprint density at radius 1 is 1.43 bits per heavy atom. The third kappa shape index (κ3) is 1.42. The molecule has 0 amide bonds. The molecule has 72 valence electrons. The van der Waals surface area contributed by atoms with E-state index >= 15 is 0 Å². The lowest BCUT2D eigenvalue weighted by Crippen LogP contribution is -1.96. The van der Waals surface area contributed by atoms with Gasteiger partial charge in [-0.15, -0.1) is 0 Å². The topological polar surface area (TPSA) is 64.1 Å². The van der Waals surface area contributed by atoms with Gasteiger partial charge in [-0.2, -0.15) is 5.10 Å². The summed E-state index contributed by atoms with van der Waals surface area (Å²) in [7, 11) is 0. The van der Waals surface area contributed by atoms with Crippen LogP contribution >= 0.6 is 0 Å². The first-order chi connectivity index (χ1) is 6.66. The zero-order valence-corrected chi connectivity index (χ0v) is 7.81. The molecule has 1 aromatic heterocycles. The van der Waals surface area contributed by atoms with E-state index in [0.717, 1.165) is 5.56 Å². The maximum absolute atomic E-state index is 9.58. The summed E-state index contributed by atoms with van der Waals surface area (Å²) in [6, 6.07) is 4.89. The van der Waals surface area contributed by atoms with E-state index in [0.29, 0.717) is 11.4 Å². The van der Waals surface area contributed by atoms with Gasteiger partial charge in [0.15, 0.2) is 0 Å². The van der Waals surface area contributed by atoms with Crippen LogP contribution in [0.1, 0.15) is 5.56 Å². The first kappa shape index (κ1) is 8.62. The molecule has 0 bridgehead atoms. The molecule has 0 aliphatic carbocycles. The van der Waals surface area contributed by atoms with E-state index in [-0.39, 0.29) is 5.75 Å². The molecule has 0 fully saturated rings. The summed E-state index contributed by atoms with van der Waals surface area (Å²) in [6.07, 6.45) is 3.55. The molecule has 2 rings (SSSR count). The Hall–Kier alpha value is -1.97. The van der Waals surface area contributed by atoms with Crippen LogP contribution in [-0.2, 0) is 0 Å². The fourth-order valence-corrected chi connectivity index (χ4v) is 1.27. The molecule has 0 atom stereocenters. The third-order valence-electron chi connectivity index (χ3n) is 1.96. The summed E-state index contributed by atoms with van der Waals surface area (Å²) in [5.41, 5.74) is 7.85. The molecule has 0 unspecified atom stereocenters. The largest absolute Gasteiger partial charge is 0.506 e. The highest BCUT2D eigenvalue weighted by Gasteiger charge is 2.04. The summed E-state index contributed by atoms with van der Waals surface area (Å²) < 4.78 is 1.60. The van der Waals surface area contributed by atoms with Crippen LogP contribution in [0, 0.1) is 6.92 Å². The van der Waals surface area contributed by atoms with E-state index in [2.05, 4.69) is 5.10 Å². The maximum atomic E-state index is 9.58. The molecule has 0 spiro atoms. The highest BCUT2D eigenvalue weighted by atomic mass is 16.3. The normalized spacial score (nSPS) is 10.4. The number of aromatic nitrogens is 2. The Kier molecular flexibility index (Phi) is 1.89. The lowest BCUT2D eigenvalue weighted by molar-refractivity contribution is 0.470. The zero-order valence-electron chi connectivity index (χ0n) is 7.81. The molecule has 1 aromatic carbocycles. The summed E-state index contributed by atoms with van der Waals surface area (Å²) in [4.78, 5) is 0. The Labute approximate surface area is 81.6 Å². The van der Waals surface area contributed by atoms with Gasteiger partial charge in [0.25, 0.3) is 0 Å². The Balaban J connectivity index is 2.55. The fourth-order valence-electron chi connectivity index (χ4n) is 1.27. The Bertz CT molecular complexity index is 462. The number of benzene rings is 1. The van der Waals surface area contributed by atoms with Crippen molar-refractivity contribution in [3.05, 3.63) is 36.2 Å². The van der Waals surface area contributed by atoms with E-state index in [1.54, 1.807) is 29.1 Å². The van der Waals surface area contributed by atoms with Crippen molar-refractivity contribution in [2.75, 3.05) is 5.73 Å². The van der Waals surface area contributed by atoms with Gasteiger partial charge in [-0.3, -0.25) is 0 Å². The number of nitrogens with zero attached hydrogens (tertiary/aromatic N) is 2. The maximum Gasteiger partial charge on any atom is 0.141 e. The van der Waals surface area contributed by atoms with Gasteiger partial charge in [-0.05, 0) is 30.7 Å². The van der Waals surface area contributed by atoms with Gasteiger partial charge in [0.2, 0.25) is 0 Å². The van der Waals surface area contributed by atoms with Crippen molar-refractivity contribution in [2.24, 2.45) is 0 Å². The Morgan fingerprint density at radius 3 is 2.86 bits per heavy atom. The summed E-state index contributed by atoms with van der Waals surface area (Å²) in [5, 5.41) is 13.7. The second-order valence-electron chi connectivity index (χ2n) is 3.21. The van der Waals surface area contributed by atoms with Crippen LogP contribution < -0.4 is 5.73 Å². The van der Waals surface area contributed by atoms with Gasteiger partial charge in [0.1, 0.15) is 11.4 Å². The first-order valence-electron chi connectivity index (χ1n) is 4.27. The van der Waals surface area contributed by atoms with E-state index in [1.165, 1.54) is 0 Å². The SMILES string of the molecule is Cc1cnn(-c2cc(N)ccc2O)c1. The third-order valence-corrected chi connectivity index (χ3v) is 1.96. The molecular weight excluding hydrogens is 178 g/mol. The lowest BCUT2D eigenvalue weighted by atomic mass is 10.2. The van der Waals surface area contributed by atoms with Crippen molar-refractivity contribution in [1.82, 2.24) is 9.78 Å². The lowest BCUT2D eigenvalue weighted by Gasteiger charge is -2.04. The fraction of sp³-hybridized carbons (Fsp3) is 0.100. The molecule has 0 radical (unpaired) electrons. The average Bonchev–Trinajstić information content (AvgIpc) is 2.56. The molecule has 0 saturated heterocycles. The van der Waals surface area contributed by atoms with Crippen LogP contribution in [-0.4, -0.2) is 14.9 Å². The monoisotopic (exact) mass is 189 g/mol. The molecule has 2 aromatic rings. The van der Waals surface area contributed by atoms with Gasteiger partial charge in [0, 0.05) is 11.9 Å². The van der Waals surface area contributed by atoms with Crippen LogP contribution in [0.3, 0.4) is 0 Å². The first-order valence-corrected chi connectivity index (χ1v) is 4.27. The van der Waals surface area contributed by atoms with E-state index in [9.17, 15) is 5.11 Å². The molecule has 3 N–H and O–H groups in total. The van der Waals surface area contributed by atoms with Gasteiger partial charge in [0.05, 0.1) is 6.20 Å². The highest BCUT2D eigenvalue weighted by molar-refractivity contribution is 5.55. The van der Waals surface area contributed by atoms with E-state index < -0.39 is 0 Å². The number of phenols is 1. The number of anilines is 1. The minimum absolute atomic E-state index is 0.169. The van der Waals surface area contributed by atoms with Gasteiger partial charge < -0.3 is 10.8 Å². The predicted molar refractivity (Wildman–Crippen MR) is 54.4 cm³/mol. The molecule has 0 aliphatic heterocycles. The zero-order chi connectivity index (χ0) is 10.1. The van der Waals surface area contributed by atoms with Crippen LogP contribution in [0.5, 0.6) is 5.75 Å². The summed E-state index contributed by atoms with van der Waals surface area (Å²) >= 11 is 0. The van der Waals surface area contributed by atoms with Crippen molar-refractivity contribution in [1.29, 1.82) is 0 Å². The second kappa shape index (κ2) is 3.06. The minimum Gasteiger partial charge on any atom is -0.506 e. The van der Waals surface area contributed by atoms with E-state index in [4.69, 9.17) is 5.73 Å². The quantitative estimate of drug-likeness (QED) is 0.527. The number of phenolic OH excluding ortho intramolecular Hbond substituents is 1. The van der Waals surface area contributed by atoms with Crippen LogP contribution in [0.4, 0.5) is 5.69 Å². The number of hydrogen-bond donors (Lipinski definition) is 2. The highest BCUT2D eigenvalue weighted by Crippen LogP contribution is 2.23. The van der Waals surface area contributed by atoms with Crippen molar-refractivity contribution in [3.8, 4) is 11.4 Å². The molecule has 14 heavy (non-hydrogen) atoms. The summed E-state index contributed by atoms with van der Waals surface area (Å²) in [5.74, 6) is 0.169. The van der Waals surface area contributed by atoms with Gasteiger partial charge >= 0.3 is 0 Å². The molecule has 4 heteroatoms. The molecule has 0 aliphatic rings. The molecular formula is C10H11N3O. The van der Waals surface area contributed by atoms with Crippen LogP contribution in [0.25, 0.3) is 5.69 Å². The Morgan fingerprint density at radius 2 is 2.21 bits per heavy atom. The summed E-state index contributed by atoms with van der Waals surface area (Å²) in [6.45, 7) is 1.94. The predicted octanol–water partition coefficient (Wildman–Crippen LogP) is 1.47. The number of nitrogens with two attached hydrogens (primary N) is 1. The van der Waals surface area contributed by atoms with Gasteiger partial charge in [-0.25, -0.2) is 4.68 Å². The number of rotatable bonds is 1. The van der Waals surface area contributed by atoms with Crippen LogP contribution in [0.15, 0.2) is 30.6 Å². The van der Waals surface area contributed by atoms with E-state index in [1.807, 2.05) is 13.1 Å². The second-order valence-corrected chi connectivity index (χ2v) is 3.21. The standard InChI is InChI=1S/C10H11N3O/c1-7-5-12-13(6-7)9-4-8(11)2-3-10(9)14/h2-6,14H,11H2,1H3. The number of hydrogen-bond acceptors (Lipinski definition) is 3. The number of nitrogen functional groups attached to an aromatic ring is 1. The van der Waals surface area contributed by atoms with Crippen molar-refractivity contribution < 1.29 is 5.11 Å². The minimum atomic E-state index is 0.169. The molecule has 4 nitrogen and oxygen atoms in total. The van der Waals surface area contributed by atoms with Crippen molar-refractivity contribution >= 4 is 5.69 Å². The smallest absolute Gasteiger partial charge is 0.141 e. The number of aromatic hydroxyl groups is 1. The van der Waals surface area contributed by atoms with Crippen LogP contribution in [0.2, 0.25) is 0 Å². The van der Waals surface area contributed by atoms with Crippen molar-refractivity contribution in [3.63, 3.8) is 0 Å². The van der Waals surface area contributed by atoms with Gasteiger partial charge in [-0.1, -0.05) is 0 Å². The van der Waals surface area contributed by atoms with Crippen molar-refractivity contribution in [2.45, 2.75) is 6.92 Å². The average molecular weight is 189 g/mol. The molecule has 0 saturated carbocycles.